The lowest BCUT2D eigenvalue weighted by atomic mass is 10.1. The highest BCUT2D eigenvalue weighted by Gasteiger charge is 2.31. The Labute approximate surface area is 174 Å². The standard InChI is InChI=1S/C23H24N4O3/c1-2-30-18-7-5-16(6-8-18)14-22(29)27-13-3-4-20(27)23-25-19(15-21(28)26-23)17-9-11-24-12-10-17/h5-12,15,20H,2-4,13-14H2,1H3,(H,25,26,28). The number of pyridine rings is 1. The monoisotopic (exact) mass is 404 g/mol. The molecule has 7 nitrogen and oxygen atoms in total. The van der Waals surface area contributed by atoms with Gasteiger partial charge in [-0.3, -0.25) is 14.6 Å². The maximum absolute atomic E-state index is 13.0. The minimum Gasteiger partial charge on any atom is -0.494 e. The van der Waals surface area contributed by atoms with Gasteiger partial charge in [0.1, 0.15) is 11.6 Å². The Morgan fingerprint density at radius 2 is 1.97 bits per heavy atom. The maximum atomic E-state index is 13.0. The van der Waals surface area contributed by atoms with Gasteiger partial charge in [-0.15, -0.1) is 0 Å². The highest BCUT2D eigenvalue weighted by atomic mass is 16.5. The van der Waals surface area contributed by atoms with Crippen LogP contribution < -0.4 is 10.3 Å². The Bertz CT molecular complexity index is 1060. The summed E-state index contributed by atoms with van der Waals surface area (Å²) >= 11 is 0. The van der Waals surface area contributed by atoms with Gasteiger partial charge in [0.2, 0.25) is 5.91 Å². The van der Waals surface area contributed by atoms with E-state index in [9.17, 15) is 9.59 Å². The van der Waals surface area contributed by atoms with Crippen LogP contribution in [0.3, 0.4) is 0 Å². The molecule has 2 aromatic heterocycles. The first-order chi connectivity index (χ1) is 14.6. The fourth-order valence-electron chi connectivity index (χ4n) is 3.80. The predicted molar refractivity (Wildman–Crippen MR) is 113 cm³/mol. The molecule has 1 atom stereocenters. The van der Waals surface area contributed by atoms with E-state index < -0.39 is 0 Å². The van der Waals surface area contributed by atoms with Gasteiger partial charge in [0, 0.05) is 30.6 Å². The summed E-state index contributed by atoms with van der Waals surface area (Å²) in [6, 6.07) is 12.5. The van der Waals surface area contributed by atoms with Crippen LogP contribution in [0.5, 0.6) is 5.75 Å². The summed E-state index contributed by atoms with van der Waals surface area (Å²) in [6.45, 7) is 3.20. The third-order valence-corrected chi connectivity index (χ3v) is 5.21. The number of aromatic nitrogens is 3. The predicted octanol–water partition coefficient (Wildman–Crippen LogP) is 3.14. The number of carbonyl (C=O) groups excluding carboxylic acids is 1. The van der Waals surface area contributed by atoms with E-state index in [1.54, 1.807) is 12.4 Å². The molecule has 1 aromatic carbocycles. The summed E-state index contributed by atoms with van der Waals surface area (Å²) in [5.41, 5.74) is 2.11. The van der Waals surface area contributed by atoms with Crippen LogP contribution in [0, 0.1) is 0 Å². The number of ether oxygens (including phenoxy) is 1. The Balaban J connectivity index is 1.54. The molecule has 1 aliphatic heterocycles. The van der Waals surface area contributed by atoms with E-state index >= 15 is 0 Å². The highest BCUT2D eigenvalue weighted by molar-refractivity contribution is 5.79. The van der Waals surface area contributed by atoms with Crippen LogP contribution in [0.1, 0.15) is 37.2 Å². The molecular formula is C23H24N4O3. The van der Waals surface area contributed by atoms with E-state index in [1.807, 2.05) is 48.2 Å². The molecule has 7 heteroatoms. The summed E-state index contributed by atoms with van der Waals surface area (Å²) in [6.07, 6.45) is 5.29. The van der Waals surface area contributed by atoms with Crippen LogP contribution in [0.2, 0.25) is 0 Å². The summed E-state index contributed by atoms with van der Waals surface area (Å²) in [5.74, 6) is 1.35. The molecular weight excluding hydrogens is 380 g/mol. The third kappa shape index (κ3) is 4.40. The van der Waals surface area contributed by atoms with Crippen molar-refractivity contribution in [1.82, 2.24) is 19.9 Å². The summed E-state index contributed by atoms with van der Waals surface area (Å²) in [4.78, 5) is 38.6. The number of benzene rings is 1. The van der Waals surface area contributed by atoms with Crippen LogP contribution in [-0.2, 0) is 11.2 Å². The van der Waals surface area contributed by atoms with Crippen LogP contribution >= 0.6 is 0 Å². The van der Waals surface area contributed by atoms with Gasteiger partial charge in [-0.05, 0) is 49.6 Å². The van der Waals surface area contributed by atoms with Crippen molar-refractivity contribution in [2.24, 2.45) is 0 Å². The summed E-state index contributed by atoms with van der Waals surface area (Å²) in [5, 5.41) is 0. The van der Waals surface area contributed by atoms with Gasteiger partial charge in [0.05, 0.1) is 24.8 Å². The first kappa shape index (κ1) is 19.8. The van der Waals surface area contributed by atoms with E-state index in [0.717, 1.165) is 29.7 Å². The number of amides is 1. The molecule has 1 aliphatic rings. The SMILES string of the molecule is CCOc1ccc(CC(=O)N2CCCC2c2nc(-c3ccncc3)cc(=O)[nH]2)cc1. The quantitative estimate of drug-likeness (QED) is 0.682. The number of aromatic amines is 1. The maximum Gasteiger partial charge on any atom is 0.251 e. The average Bonchev–Trinajstić information content (AvgIpc) is 3.26. The molecule has 0 bridgehead atoms. The normalized spacial score (nSPS) is 15.9. The molecule has 0 saturated carbocycles. The first-order valence-electron chi connectivity index (χ1n) is 10.2. The zero-order chi connectivity index (χ0) is 20.9. The second-order valence-corrected chi connectivity index (χ2v) is 7.25. The van der Waals surface area contributed by atoms with Crippen molar-refractivity contribution in [3.05, 3.63) is 76.6 Å². The van der Waals surface area contributed by atoms with Gasteiger partial charge in [0.15, 0.2) is 0 Å². The largest absolute Gasteiger partial charge is 0.494 e. The van der Waals surface area contributed by atoms with Crippen molar-refractivity contribution in [3.63, 3.8) is 0 Å². The fourth-order valence-corrected chi connectivity index (χ4v) is 3.80. The van der Waals surface area contributed by atoms with Crippen molar-refractivity contribution in [3.8, 4) is 17.0 Å². The number of hydrogen-bond donors (Lipinski definition) is 1. The molecule has 0 spiro atoms. The molecule has 154 valence electrons. The average molecular weight is 404 g/mol. The zero-order valence-corrected chi connectivity index (χ0v) is 16.9. The molecule has 1 saturated heterocycles. The van der Waals surface area contributed by atoms with Gasteiger partial charge < -0.3 is 14.6 Å². The van der Waals surface area contributed by atoms with Crippen LogP contribution in [0.4, 0.5) is 0 Å². The van der Waals surface area contributed by atoms with Gasteiger partial charge in [-0.2, -0.15) is 0 Å². The Kier molecular flexibility index (Phi) is 5.88. The van der Waals surface area contributed by atoms with Crippen molar-refractivity contribution in [2.75, 3.05) is 13.2 Å². The van der Waals surface area contributed by atoms with Gasteiger partial charge in [0.25, 0.3) is 5.56 Å². The van der Waals surface area contributed by atoms with Crippen molar-refractivity contribution >= 4 is 5.91 Å². The second-order valence-electron chi connectivity index (χ2n) is 7.25. The molecule has 3 heterocycles. The van der Waals surface area contributed by atoms with Crippen molar-refractivity contribution in [1.29, 1.82) is 0 Å². The minimum absolute atomic E-state index is 0.0265. The zero-order valence-electron chi connectivity index (χ0n) is 16.9. The van der Waals surface area contributed by atoms with Gasteiger partial charge in [-0.25, -0.2) is 4.98 Å². The molecule has 1 N–H and O–H groups in total. The molecule has 4 rings (SSSR count). The number of carbonyl (C=O) groups is 1. The Hall–Kier alpha value is -3.48. The lowest BCUT2D eigenvalue weighted by Crippen LogP contribution is -2.33. The number of likely N-dealkylation sites (tertiary alicyclic amines) is 1. The van der Waals surface area contributed by atoms with Crippen molar-refractivity contribution in [2.45, 2.75) is 32.2 Å². The van der Waals surface area contributed by atoms with Crippen LogP contribution in [-0.4, -0.2) is 38.9 Å². The highest BCUT2D eigenvalue weighted by Crippen LogP contribution is 2.31. The summed E-state index contributed by atoms with van der Waals surface area (Å²) < 4.78 is 5.46. The van der Waals surface area contributed by atoms with Crippen LogP contribution in [0.15, 0.2) is 59.7 Å². The minimum atomic E-state index is -0.227. The number of nitrogens with zero attached hydrogens (tertiary/aromatic N) is 3. The molecule has 1 fully saturated rings. The molecule has 1 amide bonds. The number of rotatable bonds is 6. The topological polar surface area (TPSA) is 88.2 Å². The van der Waals surface area contributed by atoms with Crippen molar-refractivity contribution < 1.29 is 9.53 Å². The lowest BCUT2D eigenvalue weighted by molar-refractivity contribution is -0.131. The third-order valence-electron chi connectivity index (χ3n) is 5.21. The number of H-pyrrole nitrogens is 1. The van der Waals surface area contributed by atoms with Crippen LogP contribution in [0.25, 0.3) is 11.3 Å². The fraction of sp³-hybridized carbons (Fsp3) is 0.304. The first-order valence-corrected chi connectivity index (χ1v) is 10.2. The van der Waals surface area contributed by atoms with E-state index in [2.05, 4.69) is 15.0 Å². The van der Waals surface area contributed by atoms with Gasteiger partial charge >= 0.3 is 0 Å². The van der Waals surface area contributed by atoms with Gasteiger partial charge in [-0.1, -0.05) is 12.1 Å². The van der Waals surface area contributed by atoms with E-state index in [-0.39, 0.29) is 17.5 Å². The smallest absolute Gasteiger partial charge is 0.251 e. The van der Waals surface area contributed by atoms with E-state index in [0.29, 0.717) is 31.1 Å². The second kappa shape index (κ2) is 8.90. The summed E-state index contributed by atoms with van der Waals surface area (Å²) in [7, 11) is 0. The molecule has 0 aliphatic carbocycles. The Morgan fingerprint density at radius 3 is 2.70 bits per heavy atom. The number of nitrogens with one attached hydrogen (secondary N) is 1. The number of hydrogen-bond acceptors (Lipinski definition) is 5. The van der Waals surface area contributed by atoms with E-state index in [4.69, 9.17) is 4.74 Å². The van der Waals surface area contributed by atoms with E-state index in [1.165, 1.54) is 6.07 Å². The molecule has 1 unspecified atom stereocenters. The molecule has 30 heavy (non-hydrogen) atoms. The lowest BCUT2D eigenvalue weighted by Gasteiger charge is -2.24. The molecule has 3 aromatic rings. The Morgan fingerprint density at radius 1 is 1.20 bits per heavy atom. The molecule has 0 radical (unpaired) electrons.